The third-order valence-corrected chi connectivity index (χ3v) is 7.81. The molecule has 2 heterocycles. The van der Waals surface area contributed by atoms with Gasteiger partial charge in [-0.25, -0.2) is 4.68 Å². The van der Waals surface area contributed by atoms with Crippen molar-refractivity contribution in [2.24, 2.45) is 0 Å². The molecule has 0 radical (unpaired) electrons. The van der Waals surface area contributed by atoms with Crippen molar-refractivity contribution in [2.45, 2.75) is 50.7 Å². The van der Waals surface area contributed by atoms with E-state index in [4.69, 9.17) is 9.47 Å². The van der Waals surface area contributed by atoms with Gasteiger partial charge in [0.2, 0.25) is 11.8 Å². The molecule has 9 nitrogen and oxygen atoms in total. The van der Waals surface area contributed by atoms with E-state index in [-0.39, 0.29) is 24.4 Å². The molecule has 38 heavy (non-hydrogen) atoms. The van der Waals surface area contributed by atoms with Gasteiger partial charge in [-0.1, -0.05) is 42.7 Å². The molecule has 0 spiro atoms. The maximum atomic E-state index is 14.1. The van der Waals surface area contributed by atoms with Gasteiger partial charge in [-0.2, -0.15) is 0 Å². The largest absolute Gasteiger partial charge is 0.493 e. The van der Waals surface area contributed by atoms with Crippen LogP contribution >= 0.6 is 11.3 Å². The van der Waals surface area contributed by atoms with Crippen LogP contribution in [-0.4, -0.2) is 47.1 Å². The van der Waals surface area contributed by atoms with Gasteiger partial charge in [0, 0.05) is 22.7 Å². The molecule has 2 aromatic heterocycles. The monoisotopic (exact) mass is 533 g/mol. The Hall–Kier alpha value is -3.92. The second-order valence-corrected chi connectivity index (χ2v) is 10.3. The Morgan fingerprint density at radius 2 is 1.84 bits per heavy atom. The van der Waals surface area contributed by atoms with Crippen molar-refractivity contribution < 1.29 is 19.1 Å². The van der Waals surface area contributed by atoms with Crippen molar-refractivity contribution in [2.75, 3.05) is 19.1 Å². The van der Waals surface area contributed by atoms with E-state index in [1.54, 1.807) is 42.0 Å². The standard InChI is InChI=1S/C28H31N5O4S/c1-36-23-15-14-20(17-24(23)37-2)33(26(34)18-32-22-12-7-6-11-21(22)30-31-32)27(25-13-8-16-38-25)28(35)29-19-9-4-3-5-10-19/h6-8,11-17,19,27H,3-5,9-10,18H2,1-2H3,(H,29,35). The number of hydrogen-bond acceptors (Lipinski definition) is 7. The molecule has 5 rings (SSSR count). The number of carbonyl (C=O) groups excluding carboxylic acids is 2. The molecule has 1 saturated carbocycles. The van der Waals surface area contributed by atoms with Crippen LogP contribution < -0.4 is 19.7 Å². The molecule has 1 aliphatic rings. The molecule has 1 fully saturated rings. The minimum atomic E-state index is -0.864. The van der Waals surface area contributed by atoms with Gasteiger partial charge in [0.25, 0.3) is 0 Å². The van der Waals surface area contributed by atoms with E-state index < -0.39 is 6.04 Å². The van der Waals surface area contributed by atoms with Crippen molar-refractivity contribution in [1.29, 1.82) is 0 Å². The van der Waals surface area contributed by atoms with E-state index in [9.17, 15) is 9.59 Å². The maximum Gasteiger partial charge on any atom is 0.249 e. The molecule has 4 aromatic rings. The van der Waals surface area contributed by atoms with E-state index in [2.05, 4.69) is 15.6 Å². The Bertz CT molecular complexity index is 1400. The van der Waals surface area contributed by atoms with E-state index >= 15 is 0 Å². The third kappa shape index (κ3) is 5.35. The quantitative estimate of drug-likeness (QED) is 0.334. The van der Waals surface area contributed by atoms with Crippen molar-refractivity contribution in [3.8, 4) is 11.5 Å². The minimum absolute atomic E-state index is 0.0898. The highest BCUT2D eigenvalue weighted by molar-refractivity contribution is 7.10. The molecule has 1 N–H and O–H groups in total. The van der Waals surface area contributed by atoms with Crippen LogP contribution in [0, 0.1) is 0 Å². The number of rotatable bonds is 9. The number of thiophene rings is 1. The van der Waals surface area contributed by atoms with E-state index in [0.29, 0.717) is 22.7 Å². The third-order valence-electron chi connectivity index (χ3n) is 6.89. The van der Waals surface area contributed by atoms with Crippen LogP contribution in [0.4, 0.5) is 5.69 Å². The molecule has 2 amide bonds. The van der Waals surface area contributed by atoms with Gasteiger partial charge in [0.15, 0.2) is 11.5 Å². The molecule has 0 saturated heterocycles. The Morgan fingerprint density at radius 1 is 1.05 bits per heavy atom. The molecular weight excluding hydrogens is 502 g/mol. The summed E-state index contributed by atoms with van der Waals surface area (Å²) in [7, 11) is 3.10. The van der Waals surface area contributed by atoms with Gasteiger partial charge in [-0.05, 0) is 48.6 Å². The summed E-state index contributed by atoms with van der Waals surface area (Å²) in [6.45, 7) is -0.0898. The first-order chi connectivity index (χ1) is 18.6. The second-order valence-electron chi connectivity index (χ2n) is 9.30. The Balaban J connectivity index is 1.56. The van der Waals surface area contributed by atoms with Crippen molar-refractivity contribution in [1.82, 2.24) is 20.3 Å². The first-order valence-corrected chi connectivity index (χ1v) is 13.6. The van der Waals surface area contributed by atoms with E-state index in [1.165, 1.54) is 17.8 Å². The number of amides is 2. The number of anilines is 1. The number of fused-ring (bicyclic) bond motifs is 1. The lowest BCUT2D eigenvalue weighted by Gasteiger charge is -2.33. The van der Waals surface area contributed by atoms with Crippen LogP contribution in [0.1, 0.15) is 43.0 Å². The number of nitrogens with one attached hydrogen (secondary N) is 1. The minimum Gasteiger partial charge on any atom is -0.493 e. The normalized spacial score (nSPS) is 14.7. The predicted octanol–water partition coefficient (Wildman–Crippen LogP) is 4.73. The van der Waals surface area contributed by atoms with Crippen LogP contribution in [0.15, 0.2) is 60.0 Å². The fourth-order valence-corrected chi connectivity index (χ4v) is 5.81. The number of carbonyl (C=O) groups is 2. The summed E-state index contributed by atoms with van der Waals surface area (Å²) in [5.74, 6) is 0.493. The highest BCUT2D eigenvalue weighted by atomic mass is 32.1. The first kappa shape index (κ1) is 25.7. The van der Waals surface area contributed by atoms with Gasteiger partial charge >= 0.3 is 0 Å². The zero-order valence-corrected chi connectivity index (χ0v) is 22.3. The molecule has 1 unspecified atom stereocenters. The number of aromatic nitrogens is 3. The Kier molecular flexibility index (Phi) is 7.88. The van der Waals surface area contributed by atoms with E-state index in [0.717, 1.165) is 36.1 Å². The number of hydrogen-bond donors (Lipinski definition) is 1. The molecule has 0 aliphatic heterocycles. The fraction of sp³-hybridized carbons (Fsp3) is 0.357. The summed E-state index contributed by atoms with van der Waals surface area (Å²) in [5, 5.41) is 13.5. The summed E-state index contributed by atoms with van der Waals surface area (Å²) in [4.78, 5) is 30.4. The van der Waals surface area contributed by atoms with Gasteiger partial charge in [0.05, 0.1) is 19.7 Å². The molecule has 1 aliphatic carbocycles. The molecule has 198 valence electrons. The van der Waals surface area contributed by atoms with Gasteiger partial charge in [-0.3, -0.25) is 14.5 Å². The van der Waals surface area contributed by atoms with Crippen LogP contribution in [0.25, 0.3) is 11.0 Å². The highest BCUT2D eigenvalue weighted by Gasteiger charge is 2.35. The lowest BCUT2D eigenvalue weighted by molar-refractivity contribution is -0.127. The number of ether oxygens (including phenoxy) is 2. The number of nitrogens with zero attached hydrogens (tertiary/aromatic N) is 4. The van der Waals surface area contributed by atoms with Gasteiger partial charge in [-0.15, -0.1) is 16.4 Å². The summed E-state index contributed by atoms with van der Waals surface area (Å²) in [6.07, 6.45) is 5.25. The Morgan fingerprint density at radius 3 is 2.58 bits per heavy atom. The van der Waals surface area contributed by atoms with Crippen LogP contribution in [0.3, 0.4) is 0 Å². The molecule has 2 aromatic carbocycles. The average molecular weight is 534 g/mol. The molecule has 1 atom stereocenters. The summed E-state index contributed by atoms with van der Waals surface area (Å²) in [5.41, 5.74) is 1.96. The Labute approximate surface area is 225 Å². The first-order valence-electron chi connectivity index (χ1n) is 12.7. The zero-order chi connectivity index (χ0) is 26.5. The predicted molar refractivity (Wildman–Crippen MR) is 147 cm³/mol. The van der Waals surface area contributed by atoms with Crippen molar-refractivity contribution >= 4 is 39.9 Å². The number of benzene rings is 2. The maximum absolute atomic E-state index is 14.1. The average Bonchev–Trinajstić information content (AvgIpc) is 3.62. The molecule has 0 bridgehead atoms. The van der Waals surface area contributed by atoms with Crippen molar-refractivity contribution in [3.05, 3.63) is 64.9 Å². The van der Waals surface area contributed by atoms with Crippen LogP contribution in [0.2, 0.25) is 0 Å². The zero-order valence-electron chi connectivity index (χ0n) is 21.5. The summed E-state index contributed by atoms with van der Waals surface area (Å²) in [6, 6.07) is 15.7. The lowest BCUT2D eigenvalue weighted by Crippen LogP contribution is -2.48. The summed E-state index contributed by atoms with van der Waals surface area (Å²) < 4.78 is 12.5. The second kappa shape index (κ2) is 11.6. The van der Waals surface area contributed by atoms with E-state index in [1.807, 2.05) is 41.8 Å². The van der Waals surface area contributed by atoms with Gasteiger partial charge in [0.1, 0.15) is 18.1 Å². The highest BCUT2D eigenvalue weighted by Crippen LogP contribution is 2.37. The van der Waals surface area contributed by atoms with Crippen LogP contribution in [-0.2, 0) is 16.1 Å². The fourth-order valence-electron chi connectivity index (χ4n) is 5.00. The molecule has 10 heteroatoms. The summed E-state index contributed by atoms with van der Waals surface area (Å²) >= 11 is 1.44. The SMILES string of the molecule is COc1ccc(N(C(=O)Cn2nnc3ccccc32)C(C(=O)NC2CCCCC2)c2cccs2)cc1OC. The number of methoxy groups -OCH3 is 2. The van der Waals surface area contributed by atoms with Crippen LogP contribution in [0.5, 0.6) is 11.5 Å². The topological polar surface area (TPSA) is 98.6 Å². The smallest absolute Gasteiger partial charge is 0.249 e. The van der Waals surface area contributed by atoms with Gasteiger partial charge < -0.3 is 14.8 Å². The van der Waals surface area contributed by atoms with Crippen molar-refractivity contribution in [3.63, 3.8) is 0 Å². The lowest BCUT2D eigenvalue weighted by atomic mass is 9.95. The molecular formula is C28H31N5O4S. The number of para-hydroxylation sites is 1.